The Bertz CT molecular complexity index is 1270. The zero-order chi connectivity index (χ0) is 25.0. The van der Waals surface area contributed by atoms with E-state index in [1.165, 1.54) is 0 Å². The van der Waals surface area contributed by atoms with Crippen molar-refractivity contribution in [3.63, 3.8) is 0 Å². The molecule has 36 heavy (non-hydrogen) atoms. The standard InChI is InChI=1S/C30H30O4SSi/c1-2-15-28(29-30(33-29)35(31,32)24-16-7-3-8-17-24)34-36(25-18-9-4-10-19-25,26-20-11-5-12-21-26)27-22-13-6-14-23-27/h3-14,16-23,28-30H,2,15H2,1H3/t28-,29+,30+/m0/s1. The molecule has 1 saturated heterocycles. The molecule has 5 rings (SSSR count). The van der Waals surface area contributed by atoms with E-state index in [1.54, 1.807) is 24.3 Å². The highest BCUT2D eigenvalue weighted by Gasteiger charge is 2.56. The molecule has 1 heterocycles. The average Bonchev–Trinajstić information content (AvgIpc) is 3.75. The van der Waals surface area contributed by atoms with Crippen molar-refractivity contribution in [3.8, 4) is 0 Å². The van der Waals surface area contributed by atoms with Gasteiger partial charge in [0.2, 0.25) is 9.84 Å². The molecule has 0 spiro atoms. The summed E-state index contributed by atoms with van der Waals surface area (Å²) >= 11 is 0. The summed E-state index contributed by atoms with van der Waals surface area (Å²) in [5.74, 6) is 0. The van der Waals surface area contributed by atoms with Crippen LogP contribution in [0, 0.1) is 0 Å². The van der Waals surface area contributed by atoms with Gasteiger partial charge < -0.3 is 9.16 Å². The third-order valence-corrected chi connectivity index (χ3v) is 12.7. The summed E-state index contributed by atoms with van der Waals surface area (Å²) in [5.41, 5.74) is -0.898. The first kappa shape index (κ1) is 24.7. The first-order valence-corrected chi connectivity index (χ1v) is 15.8. The normalized spacial score (nSPS) is 18.5. The van der Waals surface area contributed by atoms with Gasteiger partial charge in [-0.15, -0.1) is 0 Å². The molecule has 6 heteroatoms. The third-order valence-electron chi connectivity index (χ3n) is 6.67. The predicted molar refractivity (Wildman–Crippen MR) is 146 cm³/mol. The number of benzene rings is 4. The fraction of sp³-hybridized carbons (Fsp3) is 0.200. The minimum atomic E-state index is -3.61. The lowest BCUT2D eigenvalue weighted by atomic mass is 10.1. The van der Waals surface area contributed by atoms with Gasteiger partial charge in [0.05, 0.1) is 11.0 Å². The lowest BCUT2D eigenvalue weighted by Crippen LogP contribution is -2.70. The van der Waals surface area contributed by atoms with E-state index < -0.39 is 29.7 Å². The summed E-state index contributed by atoms with van der Waals surface area (Å²) in [7, 11) is -6.60. The van der Waals surface area contributed by atoms with Crippen molar-refractivity contribution in [1.82, 2.24) is 0 Å². The number of hydrogen-bond donors (Lipinski definition) is 0. The van der Waals surface area contributed by atoms with E-state index in [1.807, 2.05) is 60.7 Å². The highest BCUT2D eigenvalue weighted by atomic mass is 32.2. The van der Waals surface area contributed by atoms with Crippen molar-refractivity contribution >= 4 is 33.7 Å². The summed E-state index contributed by atoms with van der Waals surface area (Å²) in [5, 5.41) is 3.35. The molecule has 4 nitrogen and oxygen atoms in total. The Morgan fingerprint density at radius 1 is 0.722 bits per heavy atom. The van der Waals surface area contributed by atoms with E-state index in [0.29, 0.717) is 6.42 Å². The molecule has 0 N–H and O–H groups in total. The Labute approximate surface area is 214 Å². The number of rotatable bonds is 10. The average molecular weight is 515 g/mol. The molecule has 4 aromatic rings. The summed E-state index contributed by atoms with van der Waals surface area (Å²) in [6.07, 6.45) is 0.669. The maximum Gasteiger partial charge on any atom is 0.288 e. The van der Waals surface area contributed by atoms with Gasteiger partial charge in [-0.3, -0.25) is 0 Å². The van der Waals surface area contributed by atoms with E-state index in [2.05, 4.69) is 43.3 Å². The summed E-state index contributed by atoms with van der Waals surface area (Å²) < 4.78 is 39.8. The van der Waals surface area contributed by atoms with Crippen LogP contribution in [0.15, 0.2) is 126 Å². The number of epoxide rings is 1. The topological polar surface area (TPSA) is 55.9 Å². The molecule has 0 amide bonds. The van der Waals surface area contributed by atoms with Gasteiger partial charge in [0.15, 0.2) is 5.44 Å². The molecule has 0 radical (unpaired) electrons. The van der Waals surface area contributed by atoms with Crippen LogP contribution >= 0.6 is 0 Å². The Balaban J connectivity index is 1.59. The van der Waals surface area contributed by atoms with Crippen molar-refractivity contribution < 1.29 is 17.6 Å². The second kappa shape index (κ2) is 10.5. The van der Waals surface area contributed by atoms with Gasteiger partial charge in [0.25, 0.3) is 8.32 Å². The zero-order valence-electron chi connectivity index (χ0n) is 20.2. The Hall–Kier alpha value is -3.03. The molecule has 0 unspecified atom stereocenters. The van der Waals surface area contributed by atoms with Gasteiger partial charge in [-0.1, -0.05) is 123 Å². The monoisotopic (exact) mass is 514 g/mol. The van der Waals surface area contributed by atoms with E-state index in [9.17, 15) is 8.42 Å². The molecular weight excluding hydrogens is 484 g/mol. The minimum Gasteiger partial charge on any atom is -0.398 e. The number of ether oxygens (including phenoxy) is 1. The van der Waals surface area contributed by atoms with E-state index in [0.717, 1.165) is 22.0 Å². The van der Waals surface area contributed by atoms with Crippen molar-refractivity contribution in [3.05, 3.63) is 121 Å². The second-order valence-corrected chi connectivity index (χ2v) is 14.4. The van der Waals surface area contributed by atoms with Gasteiger partial charge >= 0.3 is 0 Å². The highest BCUT2D eigenvalue weighted by Crippen LogP contribution is 2.38. The van der Waals surface area contributed by atoms with Crippen LogP contribution in [0.3, 0.4) is 0 Å². The van der Waals surface area contributed by atoms with Crippen molar-refractivity contribution in [2.24, 2.45) is 0 Å². The fourth-order valence-corrected chi connectivity index (χ4v) is 10.6. The SMILES string of the molecule is CCC[C@H](O[Si](c1ccccc1)(c1ccccc1)c1ccccc1)[C@H]1O[C@@H]1S(=O)(=O)c1ccccc1. The summed E-state index contributed by atoms with van der Waals surface area (Å²) in [6.45, 7) is 2.09. The maximum absolute atomic E-state index is 13.3. The molecule has 1 fully saturated rings. The smallest absolute Gasteiger partial charge is 0.288 e. The van der Waals surface area contributed by atoms with E-state index >= 15 is 0 Å². The molecule has 0 bridgehead atoms. The second-order valence-electron chi connectivity index (χ2n) is 9.05. The molecule has 184 valence electrons. The Morgan fingerprint density at radius 3 is 1.56 bits per heavy atom. The molecule has 4 aromatic carbocycles. The first-order chi connectivity index (χ1) is 17.6. The lowest BCUT2D eigenvalue weighted by molar-refractivity contribution is 0.149. The van der Waals surface area contributed by atoms with Crippen LogP contribution in [0.4, 0.5) is 0 Å². The van der Waals surface area contributed by atoms with Gasteiger partial charge in [-0.05, 0) is 34.1 Å². The summed E-state index contributed by atoms with van der Waals surface area (Å²) in [4.78, 5) is 0.283. The van der Waals surface area contributed by atoms with Crippen molar-refractivity contribution in [2.75, 3.05) is 0 Å². The fourth-order valence-electron chi connectivity index (χ4n) is 4.89. The maximum atomic E-state index is 13.3. The van der Waals surface area contributed by atoms with Crippen LogP contribution in [0.25, 0.3) is 0 Å². The van der Waals surface area contributed by atoms with Gasteiger partial charge in [0.1, 0.15) is 6.10 Å². The van der Waals surface area contributed by atoms with Crippen LogP contribution in [0.5, 0.6) is 0 Å². The quantitative estimate of drug-likeness (QED) is 0.182. The van der Waals surface area contributed by atoms with Crippen LogP contribution in [-0.4, -0.2) is 34.4 Å². The minimum absolute atomic E-state index is 0.283. The van der Waals surface area contributed by atoms with E-state index in [4.69, 9.17) is 9.16 Å². The van der Waals surface area contributed by atoms with Crippen LogP contribution in [0.1, 0.15) is 19.8 Å². The Kier molecular flexibility index (Phi) is 7.21. The van der Waals surface area contributed by atoms with Crippen LogP contribution in [-0.2, 0) is 19.0 Å². The van der Waals surface area contributed by atoms with E-state index in [-0.39, 0.29) is 11.0 Å². The van der Waals surface area contributed by atoms with Crippen LogP contribution in [0.2, 0.25) is 0 Å². The molecule has 1 aliphatic rings. The van der Waals surface area contributed by atoms with Crippen LogP contribution < -0.4 is 15.6 Å². The van der Waals surface area contributed by atoms with Gasteiger partial charge in [0, 0.05) is 0 Å². The molecule has 0 aliphatic carbocycles. The molecule has 0 saturated carbocycles. The molecule has 0 aromatic heterocycles. The molecule has 3 atom stereocenters. The highest BCUT2D eigenvalue weighted by molar-refractivity contribution is 7.92. The number of hydrogen-bond acceptors (Lipinski definition) is 4. The first-order valence-electron chi connectivity index (χ1n) is 12.4. The Morgan fingerprint density at radius 2 is 1.14 bits per heavy atom. The van der Waals surface area contributed by atoms with Gasteiger partial charge in [-0.25, -0.2) is 8.42 Å². The molecular formula is C30H30O4SSi. The zero-order valence-corrected chi connectivity index (χ0v) is 22.1. The van der Waals surface area contributed by atoms with Crippen molar-refractivity contribution in [1.29, 1.82) is 0 Å². The predicted octanol–water partition coefficient (Wildman–Crippen LogP) is 4.04. The molecule has 1 aliphatic heterocycles. The lowest BCUT2D eigenvalue weighted by Gasteiger charge is -2.36. The van der Waals surface area contributed by atoms with Gasteiger partial charge in [-0.2, -0.15) is 0 Å². The summed E-state index contributed by atoms with van der Waals surface area (Å²) in [6, 6.07) is 39.6. The number of sulfone groups is 1. The van der Waals surface area contributed by atoms with Crippen molar-refractivity contribution in [2.45, 2.75) is 42.3 Å². The third kappa shape index (κ3) is 4.69. The largest absolute Gasteiger partial charge is 0.398 e.